The zero-order chi connectivity index (χ0) is 18.3. The number of thiocarbonyl (C=S) groups is 1. The summed E-state index contributed by atoms with van der Waals surface area (Å²) in [5.41, 5.74) is 4.47. The first-order chi connectivity index (χ1) is 12.6. The Kier molecular flexibility index (Phi) is 3.86. The van der Waals surface area contributed by atoms with E-state index in [1.54, 1.807) is 18.2 Å². The lowest BCUT2D eigenvalue weighted by Gasteiger charge is -2.11. The second-order valence-electron chi connectivity index (χ2n) is 5.93. The van der Waals surface area contributed by atoms with Crippen LogP contribution in [0.5, 0.6) is 0 Å². The van der Waals surface area contributed by atoms with Crippen molar-refractivity contribution in [1.82, 2.24) is 0 Å². The van der Waals surface area contributed by atoms with Crippen molar-refractivity contribution in [3.8, 4) is 11.1 Å². The summed E-state index contributed by atoms with van der Waals surface area (Å²) < 4.78 is 0. The number of carbonyl (C=O) groups is 2. The van der Waals surface area contributed by atoms with Crippen molar-refractivity contribution in [3.05, 3.63) is 89.0 Å². The lowest BCUT2D eigenvalue weighted by atomic mass is 10.0. The van der Waals surface area contributed by atoms with Crippen molar-refractivity contribution in [2.75, 3.05) is 5.32 Å². The summed E-state index contributed by atoms with van der Waals surface area (Å²) in [7, 11) is 0. The SMILES string of the molecule is O=C([O-])c1cccc(NC(=O)c2cccc3c2C(=S)c2ccccc2-3)c1. The molecule has 0 atom stereocenters. The van der Waals surface area contributed by atoms with E-state index < -0.39 is 5.97 Å². The average molecular weight is 358 g/mol. The molecule has 1 amide bonds. The van der Waals surface area contributed by atoms with Crippen LogP contribution in [0, 0.1) is 0 Å². The zero-order valence-electron chi connectivity index (χ0n) is 13.5. The summed E-state index contributed by atoms with van der Waals surface area (Å²) >= 11 is 5.59. The molecule has 4 nitrogen and oxygen atoms in total. The van der Waals surface area contributed by atoms with Gasteiger partial charge in [-0.2, -0.15) is 0 Å². The van der Waals surface area contributed by atoms with Gasteiger partial charge in [0.2, 0.25) is 0 Å². The molecular weight excluding hydrogens is 346 g/mol. The standard InChI is InChI=1S/C21H13NO3S/c23-20(22-13-6-3-5-12(11-13)21(24)25)17-10-4-9-15-14-7-1-2-8-16(14)19(26)18(15)17/h1-11H,(H,22,23)(H,24,25)/p-1. The monoisotopic (exact) mass is 358 g/mol. The first-order valence-corrected chi connectivity index (χ1v) is 8.37. The highest BCUT2D eigenvalue weighted by atomic mass is 32.1. The van der Waals surface area contributed by atoms with Crippen LogP contribution in [0.15, 0.2) is 66.7 Å². The van der Waals surface area contributed by atoms with Gasteiger partial charge in [-0.05, 0) is 34.9 Å². The maximum absolute atomic E-state index is 12.8. The van der Waals surface area contributed by atoms with Gasteiger partial charge in [0.1, 0.15) is 0 Å². The summed E-state index contributed by atoms with van der Waals surface area (Å²) in [4.78, 5) is 24.5. The van der Waals surface area contributed by atoms with Crippen molar-refractivity contribution < 1.29 is 14.7 Å². The van der Waals surface area contributed by atoms with Gasteiger partial charge in [0.15, 0.2) is 0 Å². The van der Waals surface area contributed by atoms with Gasteiger partial charge >= 0.3 is 0 Å². The fourth-order valence-corrected chi connectivity index (χ4v) is 3.58. The predicted molar refractivity (Wildman–Crippen MR) is 101 cm³/mol. The molecule has 4 rings (SSSR count). The molecule has 0 aromatic heterocycles. The van der Waals surface area contributed by atoms with Crippen LogP contribution in [0.4, 0.5) is 5.69 Å². The second-order valence-corrected chi connectivity index (χ2v) is 6.33. The Hall–Kier alpha value is -3.31. The Morgan fingerprint density at radius 2 is 1.54 bits per heavy atom. The Labute approximate surface area is 155 Å². The molecule has 3 aromatic carbocycles. The number of aromatic carboxylic acids is 1. The van der Waals surface area contributed by atoms with Crippen molar-refractivity contribution in [1.29, 1.82) is 0 Å². The van der Waals surface area contributed by atoms with Crippen LogP contribution >= 0.6 is 12.2 Å². The van der Waals surface area contributed by atoms with E-state index in [1.165, 1.54) is 12.1 Å². The minimum absolute atomic E-state index is 0.00372. The maximum atomic E-state index is 12.8. The number of hydrogen-bond donors (Lipinski definition) is 1. The Morgan fingerprint density at radius 1 is 0.846 bits per heavy atom. The van der Waals surface area contributed by atoms with Crippen LogP contribution < -0.4 is 10.4 Å². The van der Waals surface area contributed by atoms with E-state index in [4.69, 9.17) is 12.2 Å². The molecule has 5 heteroatoms. The molecule has 1 aliphatic rings. The van der Waals surface area contributed by atoms with E-state index in [-0.39, 0.29) is 11.5 Å². The highest BCUT2D eigenvalue weighted by Crippen LogP contribution is 2.38. The quantitative estimate of drug-likeness (QED) is 0.572. The largest absolute Gasteiger partial charge is 0.545 e. The zero-order valence-corrected chi connectivity index (χ0v) is 14.3. The molecule has 0 heterocycles. The molecule has 0 radical (unpaired) electrons. The van der Waals surface area contributed by atoms with Gasteiger partial charge in [0.05, 0.1) is 10.8 Å². The number of carboxylic acids is 1. The minimum Gasteiger partial charge on any atom is -0.545 e. The molecule has 0 bridgehead atoms. The predicted octanol–water partition coefficient (Wildman–Crippen LogP) is 3.05. The van der Waals surface area contributed by atoms with Gasteiger partial charge < -0.3 is 15.2 Å². The molecule has 126 valence electrons. The van der Waals surface area contributed by atoms with E-state index in [9.17, 15) is 14.7 Å². The number of carbonyl (C=O) groups excluding carboxylic acids is 2. The van der Waals surface area contributed by atoms with Crippen molar-refractivity contribution in [2.24, 2.45) is 0 Å². The third kappa shape index (κ3) is 2.59. The van der Waals surface area contributed by atoms with Crippen LogP contribution in [0.3, 0.4) is 0 Å². The minimum atomic E-state index is -1.29. The number of rotatable bonds is 3. The van der Waals surface area contributed by atoms with Gasteiger partial charge in [-0.1, -0.05) is 60.7 Å². The van der Waals surface area contributed by atoms with E-state index in [2.05, 4.69) is 5.32 Å². The lowest BCUT2D eigenvalue weighted by molar-refractivity contribution is -0.255. The molecular formula is C21H12NO3S-. The van der Waals surface area contributed by atoms with Gasteiger partial charge in [0, 0.05) is 22.4 Å². The fourth-order valence-electron chi connectivity index (χ4n) is 3.18. The first kappa shape index (κ1) is 16.2. The number of anilines is 1. The second kappa shape index (κ2) is 6.20. The number of carboxylic acid groups (broad SMARTS) is 1. The van der Waals surface area contributed by atoms with E-state index in [1.807, 2.05) is 36.4 Å². The molecule has 0 unspecified atom stereocenters. The molecule has 1 aliphatic carbocycles. The number of amides is 1. The average Bonchev–Trinajstić information content (AvgIpc) is 2.95. The topological polar surface area (TPSA) is 69.2 Å². The Bertz CT molecular complexity index is 1090. The molecule has 26 heavy (non-hydrogen) atoms. The molecule has 0 saturated carbocycles. The summed E-state index contributed by atoms with van der Waals surface area (Å²) in [5, 5.41) is 13.7. The Balaban J connectivity index is 1.72. The van der Waals surface area contributed by atoms with E-state index in [0.717, 1.165) is 22.3 Å². The number of hydrogen-bond acceptors (Lipinski definition) is 4. The Morgan fingerprint density at radius 3 is 2.31 bits per heavy atom. The number of benzene rings is 3. The summed E-state index contributed by atoms with van der Waals surface area (Å²) in [6, 6.07) is 19.2. The van der Waals surface area contributed by atoms with E-state index >= 15 is 0 Å². The van der Waals surface area contributed by atoms with Gasteiger partial charge in [-0.15, -0.1) is 0 Å². The molecule has 3 aromatic rings. The highest BCUT2D eigenvalue weighted by Gasteiger charge is 2.27. The lowest BCUT2D eigenvalue weighted by Crippen LogP contribution is -2.22. The first-order valence-electron chi connectivity index (χ1n) is 7.96. The van der Waals surface area contributed by atoms with Crippen molar-refractivity contribution in [2.45, 2.75) is 0 Å². The highest BCUT2D eigenvalue weighted by molar-refractivity contribution is 7.81. The van der Waals surface area contributed by atoms with Crippen LogP contribution in [-0.4, -0.2) is 16.7 Å². The molecule has 0 spiro atoms. The van der Waals surface area contributed by atoms with Gasteiger partial charge in [-0.25, -0.2) is 0 Å². The third-order valence-corrected chi connectivity index (χ3v) is 4.78. The van der Waals surface area contributed by atoms with Crippen molar-refractivity contribution in [3.63, 3.8) is 0 Å². The van der Waals surface area contributed by atoms with Gasteiger partial charge in [0.25, 0.3) is 5.91 Å². The number of nitrogens with one attached hydrogen (secondary N) is 1. The van der Waals surface area contributed by atoms with Gasteiger partial charge in [-0.3, -0.25) is 4.79 Å². The molecule has 0 fully saturated rings. The van der Waals surface area contributed by atoms with Crippen LogP contribution in [0.2, 0.25) is 0 Å². The fraction of sp³-hybridized carbons (Fsp3) is 0. The van der Waals surface area contributed by atoms with Crippen LogP contribution in [0.25, 0.3) is 11.1 Å². The maximum Gasteiger partial charge on any atom is 0.256 e. The summed E-state index contributed by atoms with van der Waals surface area (Å²) in [6.07, 6.45) is 0. The van der Waals surface area contributed by atoms with Crippen molar-refractivity contribution >= 4 is 34.6 Å². The summed E-state index contributed by atoms with van der Waals surface area (Å²) in [6.45, 7) is 0. The van der Waals surface area contributed by atoms with Crippen LogP contribution in [0.1, 0.15) is 31.8 Å². The molecule has 1 N–H and O–H groups in total. The van der Waals surface area contributed by atoms with Crippen LogP contribution in [-0.2, 0) is 0 Å². The summed E-state index contributed by atoms with van der Waals surface area (Å²) in [5.74, 6) is -1.63. The smallest absolute Gasteiger partial charge is 0.256 e. The third-order valence-electron chi connectivity index (χ3n) is 4.35. The van der Waals surface area contributed by atoms with E-state index in [0.29, 0.717) is 16.1 Å². The molecule has 0 saturated heterocycles. The molecule has 0 aliphatic heterocycles. The number of fused-ring (bicyclic) bond motifs is 3. The normalized spacial score (nSPS) is 11.6.